The topological polar surface area (TPSA) is 52.3 Å². The zero-order valence-corrected chi connectivity index (χ0v) is 6.01. The van der Waals surface area contributed by atoms with Crippen molar-refractivity contribution in [3.63, 3.8) is 0 Å². The molecule has 2 N–H and O–H groups in total. The van der Waals surface area contributed by atoms with E-state index in [1.54, 1.807) is 0 Å². The molecule has 3 nitrogen and oxygen atoms in total. The number of carbonyl (C=O) groups excluding carboxylic acids is 1. The summed E-state index contributed by atoms with van der Waals surface area (Å²) < 4.78 is 4.49. The molecule has 0 aromatic carbocycles. The van der Waals surface area contributed by atoms with E-state index >= 15 is 0 Å². The minimum atomic E-state index is -0.600. The van der Waals surface area contributed by atoms with Gasteiger partial charge in [-0.1, -0.05) is 6.07 Å². The Kier molecular flexibility index (Phi) is 2.42. The highest BCUT2D eigenvalue weighted by atomic mass is 32.1. The second kappa shape index (κ2) is 3.34. The molecule has 0 bridgehead atoms. The highest BCUT2D eigenvalue weighted by molar-refractivity contribution is 7.10. The van der Waals surface area contributed by atoms with Crippen molar-refractivity contribution in [3.05, 3.63) is 22.4 Å². The Hall–Kier alpha value is -0.870. The third-order valence-electron chi connectivity index (χ3n) is 1.03. The number of carbonyl (C=O) groups is 1. The molecule has 1 aromatic rings. The van der Waals surface area contributed by atoms with Crippen LogP contribution >= 0.6 is 11.3 Å². The van der Waals surface area contributed by atoms with Gasteiger partial charge in [-0.3, -0.25) is 10.5 Å². The second-order valence-electron chi connectivity index (χ2n) is 1.67. The van der Waals surface area contributed by atoms with Crippen LogP contribution in [0.3, 0.4) is 0 Å². The first kappa shape index (κ1) is 7.24. The van der Waals surface area contributed by atoms with Crippen LogP contribution in [0.25, 0.3) is 0 Å². The summed E-state index contributed by atoms with van der Waals surface area (Å²) in [5.41, 5.74) is 5.41. The lowest BCUT2D eigenvalue weighted by Gasteiger charge is -2.04. The normalized spacial score (nSPS) is 12.5. The van der Waals surface area contributed by atoms with Crippen molar-refractivity contribution in [2.45, 2.75) is 6.23 Å². The lowest BCUT2D eigenvalue weighted by atomic mass is 10.4. The first-order valence-corrected chi connectivity index (χ1v) is 3.60. The largest absolute Gasteiger partial charge is 0.444 e. The minimum Gasteiger partial charge on any atom is -0.444 e. The molecule has 0 spiro atoms. The second-order valence-corrected chi connectivity index (χ2v) is 2.65. The number of nitrogens with two attached hydrogens (primary N) is 1. The Balaban J connectivity index is 2.58. The van der Waals surface area contributed by atoms with E-state index in [4.69, 9.17) is 5.73 Å². The third-order valence-corrected chi connectivity index (χ3v) is 1.96. The van der Waals surface area contributed by atoms with Crippen LogP contribution in [0.4, 0.5) is 0 Å². The molecule has 54 valence electrons. The average molecular weight is 157 g/mol. The maximum absolute atomic E-state index is 9.81. The molecule has 0 saturated carbocycles. The van der Waals surface area contributed by atoms with E-state index in [2.05, 4.69) is 4.74 Å². The Morgan fingerprint density at radius 1 is 1.80 bits per heavy atom. The first-order valence-electron chi connectivity index (χ1n) is 2.72. The monoisotopic (exact) mass is 157 g/mol. The molecular weight excluding hydrogens is 150 g/mol. The smallest absolute Gasteiger partial charge is 0.294 e. The van der Waals surface area contributed by atoms with Crippen LogP contribution in [-0.4, -0.2) is 6.47 Å². The van der Waals surface area contributed by atoms with Crippen molar-refractivity contribution in [1.82, 2.24) is 0 Å². The summed E-state index contributed by atoms with van der Waals surface area (Å²) in [6.45, 7) is 0.352. The Morgan fingerprint density at radius 2 is 2.60 bits per heavy atom. The quantitative estimate of drug-likeness (QED) is 0.523. The van der Waals surface area contributed by atoms with E-state index in [-0.39, 0.29) is 0 Å². The van der Waals surface area contributed by atoms with Crippen LogP contribution in [-0.2, 0) is 9.53 Å². The Labute approximate surface area is 62.4 Å². The highest BCUT2D eigenvalue weighted by Crippen LogP contribution is 2.16. The maximum Gasteiger partial charge on any atom is 0.294 e. The molecule has 4 heteroatoms. The van der Waals surface area contributed by atoms with Gasteiger partial charge in [0.2, 0.25) is 0 Å². The van der Waals surface area contributed by atoms with E-state index in [0.717, 1.165) is 4.88 Å². The van der Waals surface area contributed by atoms with Crippen LogP contribution in [0.1, 0.15) is 11.1 Å². The summed E-state index contributed by atoms with van der Waals surface area (Å²) in [7, 11) is 0. The molecule has 1 rings (SSSR count). The predicted octanol–water partition coefficient (Wildman–Crippen LogP) is 0.878. The van der Waals surface area contributed by atoms with Gasteiger partial charge in [0.1, 0.15) is 0 Å². The molecular formula is C6H7NO2S. The van der Waals surface area contributed by atoms with Gasteiger partial charge in [-0.25, -0.2) is 0 Å². The summed E-state index contributed by atoms with van der Waals surface area (Å²) in [5, 5.41) is 1.88. The van der Waals surface area contributed by atoms with Gasteiger partial charge in [0, 0.05) is 0 Å². The molecule has 1 unspecified atom stereocenters. The Bertz CT molecular complexity index is 198. The molecule has 0 aliphatic rings. The van der Waals surface area contributed by atoms with Gasteiger partial charge < -0.3 is 4.74 Å². The van der Waals surface area contributed by atoms with Gasteiger partial charge in [0.05, 0.1) is 4.88 Å². The van der Waals surface area contributed by atoms with Gasteiger partial charge in [0.25, 0.3) is 6.47 Å². The van der Waals surface area contributed by atoms with Crippen molar-refractivity contribution in [3.8, 4) is 0 Å². The highest BCUT2D eigenvalue weighted by Gasteiger charge is 2.04. The molecule has 1 heterocycles. The van der Waals surface area contributed by atoms with E-state index in [1.807, 2.05) is 17.5 Å². The first-order chi connectivity index (χ1) is 4.84. The number of ether oxygens (including phenoxy) is 1. The average Bonchev–Trinajstić information content (AvgIpc) is 2.38. The van der Waals surface area contributed by atoms with Gasteiger partial charge >= 0.3 is 0 Å². The van der Waals surface area contributed by atoms with Gasteiger partial charge in [-0.05, 0) is 11.4 Å². The number of hydrogen-bond donors (Lipinski definition) is 1. The molecule has 0 saturated heterocycles. The summed E-state index contributed by atoms with van der Waals surface area (Å²) >= 11 is 1.46. The zero-order chi connectivity index (χ0) is 7.40. The van der Waals surface area contributed by atoms with E-state index in [9.17, 15) is 4.79 Å². The summed E-state index contributed by atoms with van der Waals surface area (Å²) in [6.07, 6.45) is -0.600. The van der Waals surface area contributed by atoms with Crippen molar-refractivity contribution in [2.75, 3.05) is 0 Å². The van der Waals surface area contributed by atoms with Crippen molar-refractivity contribution >= 4 is 17.8 Å². The Morgan fingerprint density at radius 3 is 3.10 bits per heavy atom. The fourth-order valence-electron chi connectivity index (χ4n) is 0.580. The van der Waals surface area contributed by atoms with Crippen LogP contribution in [0.15, 0.2) is 17.5 Å². The van der Waals surface area contributed by atoms with E-state index < -0.39 is 6.23 Å². The van der Waals surface area contributed by atoms with Crippen molar-refractivity contribution in [2.24, 2.45) is 5.73 Å². The number of hydrogen-bond acceptors (Lipinski definition) is 4. The predicted molar refractivity (Wildman–Crippen MR) is 38.4 cm³/mol. The van der Waals surface area contributed by atoms with E-state index in [0.29, 0.717) is 6.47 Å². The molecule has 10 heavy (non-hydrogen) atoms. The molecule has 0 aliphatic carbocycles. The third kappa shape index (κ3) is 1.55. The summed E-state index contributed by atoms with van der Waals surface area (Å²) in [5.74, 6) is 0. The van der Waals surface area contributed by atoms with Crippen molar-refractivity contribution < 1.29 is 9.53 Å². The molecule has 0 radical (unpaired) electrons. The lowest BCUT2D eigenvalue weighted by Crippen LogP contribution is -2.11. The van der Waals surface area contributed by atoms with Crippen LogP contribution in [0.5, 0.6) is 0 Å². The molecule has 0 fully saturated rings. The fraction of sp³-hybridized carbons (Fsp3) is 0.167. The van der Waals surface area contributed by atoms with E-state index in [1.165, 1.54) is 11.3 Å². The fourth-order valence-corrected chi connectivity index (χ4v) is 1.24. The SMILES string of the molecule is NC(OC=O)c1cccs1. The van der Waals surface area contributed by atoms with Crippen molar-refractivity contribution in [1.29, 1.82) is 0 Å². The van der Waals surface area contributed by atoms with Crippen LogP contribution < -0.4 is 5.73 Å². The number of rotatable bonds is 3. The molecule has 0 amide bonds. The standard InChI is InChI=1S/C6H7NO2S/c7-6(9-4-8)5-2-1-3-10-5/h1-4,6H,7H2. The summed E-state index contributed by atoms with van der Waals surface area (Å²) in [6, 6.07) is 3.67. The van der Waals surface area contributed by atoms with Crippen LogP contribution in [0, 0.1) is 0 Å². The molecule has 1 atom stereocenters. The summed E-state index contributed by atoms with van der Waals surface area (Å²) in [4.78, 5) is 10.7. The minimum absolute atomic E-state index is 0.352. The maximum atomic E-state index is 9.81. The van der Waals surface area contributed by atoms with Crippen LogP contribution in [0.2, 0.25) is 0 Å². The molecule has 1 aromatic heterocycles. The number of thiophene rings is 1. The lowest BCUT2D eigenvalue weighted by molar-refractivity contribution is -0.133. The molecule has 0 aliphatic heterocycles. The zero-order valence-electron chi connectivity index (χ0n) is 5.19. The van der Waals surface area contributed by atoms with Gasteiger partial charge in [0.15, 0.2) is 6.23 Å². The van der Waals surface area contributed by atoms with Gasteiger partial charge in [-0.2, -0.15) is 0 Å². The van der Waals surface area contributed by atoms with Gasteiger partial charge in [-0.15, -0.1) is 11.3 Å².